The summed E-state index contributed by atoms with van der Waals surface area (Å²) in [5, 5.41) is 8.47. The van der Waals surface area contributed by atoms with Crippen molar-refractivity contribution in [2.45, 2.75) is 25.8 Å². The predicted molar refractivity (Wildman–Crippen MR) is 78.7 cm³/mol. The molecule has 3 rings (SSSR count). The van der Waals surface area contributed by atoms with E-state index in [1.807, 2.05) is 16.5 Å². The highest BCUT2D eigenvalue weighted by atomic mass is 16.5. The minimum Gasteiger partial charge on any atom is -0.481 e. The lowest BCUT2D eigenvalue weighted by molar-refractivity contribution is 0.0668. The van der Waals surface area contributed by atoms with Gasteiger partial charge in [0.25, 0.3) is 5.91 Å². The van der Waals surface area contributed by atoms with E-state index in [1.54, 1.807) is 25.2 Å². The Kier molecular flexibility index (Phi) is 3.82. The van der Waals surface area contributed by atoms with E-state index in [0.29, 0.717) is 23.7 Å². The van der Waals surface area contributed by atoms with E-state index in [-0.39, 0.29) is 11.9 Å². The molecule has 1 saturated heterocycles. The molecule has 0 spiro atoms. The number of amides is 1. The van der Waals surface area contributed by atoms with Crippen LogP contribution in [-0.4, -0.2) is 55.6 Å². The van der Waals surface area contributed by atoms with Crippen molar-refractivity contribution in [3.8, 4) is 5.88 Å². The minimum absolute atomic E-state index is 0.0349. The summed E-state index contributed by atoms with van der Waals surface area (Å²) in [5.41, 5.74) is 1.23. The highest BCUT2D eigenvalue weighted by Crippen LogP contribution is 2.26. The van der Waals surface area contributed by atoms with Crippen LogP contribution >= 0.6 is 0 Å². The lowest BCUT2D eigenvalue weighted by atomic mass is 10.0. The number of carbonyl (C=O) groups is 1. The van der Waals surface area contributed by atoms with Gasteiger partial charge >= 0.3 is 0 Å². The first-order chi connectivity index (χ1) is 10.6. The smallest absolute Gasteiger partial charge is 0.261 e. The molecular formula is C14H20N6O2. The van der Waals surface area contributed by atoms with E-state index < -0.39 is 0 Å². The molecule has 1 aliphatic rings. The predicted octanol–water partition coefficient (Wildman–Crippen LogP) is 0.806. The second-order valence-electron chi connectivity index (χ2n) is 5.52. The standard InChI is InChI=1S/C14H20N6O2/c1-10-12(14(22-3)18(2)17-10)13(21)19-6-4-5-11(7-19)20-9-15-8-16-20/h8-9,11H,4-7H2,1-3H3. The van der Waals surface area contributed by atoms with E-state index in [9.17, 15) is 4.79 Å². The second-order valence-corrected chi connectivity index (χ2v) is 5.52. The van der Waals surface area contributed by atoms with Crippen molar-refractivity contribution in [1.29, 1.82) is 0 Å². The van der Waals surface area contributed by atoms with Crippen LogP contribution in [0, 0.1) is 6.92 Å². The SMILES string of the molecule is COc1c(C(=O)N2CCCC(n3cncn3)C2)c(C)nn1C. The van der Waals surface area contributed by atoms with Crippen LogP contribution in [-0.2, 0) is 7.05 Å². The monoisotopic (exact) mass is 304 g/mol. The Morgan fingerprint density at radius 3 is 2.95 bits per heavy atom. The average Bonchev–Trinajstić information content (AvgIpc) is 3.14. The Labute approximate surface area is 128 Å². The molecule has 118 valence electrons. The lowest BCUT2D eigenvalue weighted by Crippen LogP contribution is -2.41. The molecule has 8 nitrogen and oxygen atoms in total. The van der Waals surface area contributed by atoms with Gasteiger partial charge in [-0.1, -0.05) is 0 Å². The summed E-state index contributed by atoms with van der Waals surface area (Å²) in [6.07, 6.45) is 5.16. The highest BCUT2D eigenvalue weighted by molar-refractivity contribution is 5.97. The Morgan fingerprint density at radius 2 is 2.27 bits per heavy atom. The van der Waals surface area contributed by atoms with E-state index in [1.165, 1.54) is 6.33 Å². The van der Waals surface area contributed by atoms with Crippen molar-refractivity contribution >= 4 is 5.91 Å². The normalized spacial score (nSPS) is 18.5. The summed E-state index contributed by atoms with van der Waals surface area (Å²) in [6.45, 7) is 3.19. The number of methoxy groups -OCH3 is 1. The van der Waals surface area contributed by atoms with Crippen LogP contribution in [0.4, 0.5) is 0 Å². The molecule has 0 bridgehead atoms. The third-order valence-corrected chi connectivity index (χ3v) is 4.07. The van der Waals surface area contributed by atoms with Crippen LogP contribution in [0.2, 0.25) is 0 Å². The average molecular weight is 304 g/mol. The molecule has 0 saturated carbocycles. The quantitative estimate of drug-likeness (QED) is 0.838. The summed E-state index contributed by atoms with van der Waals surface area (Å²) >= 11 is 0. The number of nitrogens with zero attached hydrogens (tertiary/aromatic N) is 6. The molecule has 3 heterocycles. The van der Waals surface area contributed by atoms with Crippen molar-refractivity contribution in [2.75, 3.05) is 20.2 Å². The molecule has 1 atom stereocenters. The Morgan fingerprint density at radius 1 is 1.45 bits per heavy atom. The molecule has 2 aromatic heterocycles. The Hall–Kier alpha value is -2.38. The van der Waals surface area contributed by atoms with Crippen LogP contribution < -0.4 is 4.74 Å². The van der Waals surface area contributed by atoms with Gasteiger partial charge in [0.15, 0.2) is 0 Å². The van der Waals surface area contributed by atoms with E-state index in [4.69, 9.17) is 4.74 Å². The number of ether oxygens (including phenoxy) is 1. The zero-order valence-corrected chi connectivity index (χ0v) is 13.1. The molecule has 0 aromatic carbocycles. The lowest BCUT2D eigenvalue weighted by Gasteiger charge is -2.32. The Balaban J connectivity index is 1.83. The number of hydrogen-bond acceptors (Lipinski definition) is 5. The molecule has 1 aliphatic heterocycles. The van der Waals surface area contributed by atoms with Crippen LogP contribution in [0.15, 0.2) is 12.7 Å². The maximum Gasteiger partial charge on any atom is 0.261 e. The number of likely N-dealkylation sites (tertiary alicyclic amines) is 1. The van der Waals surface area contributed by atoms with Gasteiger partial charge in [0.1, 0.15) is 18.2 Å². The summed E-state index contributed by atoms with van der Waals surface area (Å²) < 4.78 is 8.76. The third-order valence-electron chi connectivity index (χ3n) is 4.07. The molecule has 0 N–H and O–H groups in total. The topological polar surface area (TPSA) is 78.1 Å². The zero-order chi connectivity index (χ0) is 15.7. The molecule has 22 heavy (non-hydrogen) atoms. The van der Waals surface area contributed by atoms with Crippen LogP contribution in [0.5, 0.6) is 5.88 Å². The zero-order valence-electron chi connectivity index (χ0n) is 13.1. The van der Waals surface area contributed by atoms with Gasteiger partial charge in [-0.25, -0.2) is 14.3 Å². The van der Waals surface area contributed by atoms with Gasteiger partial charge in [0, 0.05) is 20.1 Å². The van der Waals surface area contributed by atoms with Crippen LogP contribution in [0.3, 0.4) is 0 Å². The third kappa shape index (κ3) is 2.44. The molecule has 1 fully saturated rings. The maximum absolute atomic E-state index is 12.9. The molecule has 8 heteroatoms. The van der Waals surface area contributed by atoms with Crippen molar-refractivity contribution in [3.63, 3.8) is 0 Å². The van der Waals surface area contributed by atoms with E-state index in [2.05, 4.69) is 15.2 Å². The minimum atomic E-state index is -0.0349. The molecular weight excluding hydrogens is 284 g/mol. The summed E-state index contributed by atoms with van der Waals surface area (Å²) in [5.74, 6) is 0.470. The highest BCUT2D eigenvalue weighted by Gasteiger charge is 2.30. The first kappa shape index (κ1) is 14.6. The number of aromatic nitrogens is 5. The van der Waals surface area contributed by atoms with Crippen molar-refractivity contribution in [2.24, 2.45) is 7.05 Å². The maximum atomic E-state index is 12.9. The van der Waals surface area contributed by atoms with Gasteiger partial charge in [-0.2, -0.15) is 10.2 Å². The van der Waals surface area contributed by atoms with Crippen LogP contribution in [0.25, 0.3) is 0 Å². The van der Waals surface area contributed by atoms with Crippen molar-refractivity contribution in [3.05, 3.63) is 23.9 Å². The summed E-state index contributed by atoms with van der Waals surface area (Å²) in [6, 6.07) is 0.170. The molecule has 0 aliphatic carbocycles. The van der Waals surface area contributed by atoms with Gasteiger partial charge in [0.2, 0.25) is 5.88 Å². The van der Waals surface area contributed by atoms with Gasteiger partial charge in [0.05, 0.1) is 18.8 Å². The largest absolute Gasteiger partial charge is 0.481 e. The number of aryl methyl sites for hydroxylation is 2. The number of carbonyl (C=O) groups excluding carboxylic acids is 1. The van der Waals surface area contributed by atoms with Crippen molar-refractivity contribution in [1.82, 2.24) is 29.4 Å². The van der Waals surface area contributed by atoms with E-state index in [0.717, 1.165) is 19.4 Å². The first-order valence-electron chi connectivity index (χ1n) is 7.32. The van der Waals surface area contributed by atoms with Gasteiger partial charge < -0.3 is 9.64 Å². The first-order valence-corrected chi connectivity index (χ1v) is 7.32. The fourth-order valence-corrected chi connectivity index (χ4v) is 3.04. The summed E-state index contributed by atoms with van der Waals surface area (Å²) in [4.78, 5) is 18.7. The number of piperidine rings is 1. The molecule has 2 aromatic rings. The number of rotatable bonds is 3. The molecule has 1 amide bonds. The second kappa shape index (κ2) is 5.78. The fraction of sp³-hybridized carbons (Fsp3) is 0.571. The molecule has 1 unspecified atom stereocenters. The van der Waals surface area contributed by atoms with Gasteiger partial charge in [-0.05, 0) is 19.8 Å². The Bertz CT molecular complexity index is 663. The van der Waals surface area contributed by atoms with Crippen molar-refractivity contribution < 1.29 is 9.53 Å². The summed E-state index contributed by atoms with van der Waals surface area (Å²) in [7, 11) is 3.33. The van der Waals surface area contributed by atoms with Gasteiger partial charge in [-0.15, -0.1) is 0 Å². The van der Waals surface area contributed by atoms with Crippen LogP contribution in [0.1, 0.15) is 34.9 Å². The fourth-order valence-electron chi connectivity index (χ4n) is 3.04. The number of hydrogen-bond donors (Lipinski definition) is 0. The van der Waals surface area contributed by atoms with E-state index >= 15 is 0 Å². The molecule has 0 radical (unpaired) electrons. The van der Waals surface area contributed by atoms with Gasteiger partial charge in [-0.3, -0.25) is 4.79 Å².